The third-order valence-electron chi connectivity index (χ3n) is 3.90. The summed E-state index contributed by atoms with van der Waals surface area (Å²) >= 11 is 0. The molecule has 18 heavy (non-hydrogen) atoms. The molecule has 2 atom stereocenters. The first-order valence-electron chi connectivity index (χ1n) is 6.52. The highest BCUT2D eigenvalue weighted by molar-refractivity contribution is 5.85. The van der Waals surface area contributed by atoms with Crippen LogP contribution in [0.15, 0.2) is 18.7 Å². The van der Waals surface area contributed by atoms with Crippen molar-refractivity contribution in [3.63, 3.8) is 0 Å². The van der Waals surface area contributed by atoms with E-state index in [0.29, 0.717) is 6.04 Å². The Morgan fingerprint density at radius 3 is 2.83 bits per heavy atom. The molecule has 1 amide bonds. The van der Waals surface area contributed by atoms with Crippen molar-refractivity contribution in [3.05, 3.63) is 18.7 Å². The fourth-order valence-corrected chi connectivity index (χ4v) is 2.39. The van der Waals surface area contributed by atoms with E-state index in [-0.39, 0.29) is 11.9 Å². The molecule has 1 aromatic heterocycles. The average molecular weight is 250 g/mol. The zero-order valence-corrected chi connectivity index (χ0v) is 11.3. The van der Waals surface area contributed by atoms with Gasteiger partial charge >= 0.3 is 0 Å². The van der Waals surface area contributed by atoms with E-state index in [9.17, 15) is 4.79 Å². The van der Waals surface area contributed by atoms with Gasteiger partial charge in [-0.3, -0.25) is 4.79 Å². The van der Waals surface area contributed by atoms with Gasteiger partial charge in [-0.15, -0.1) is 0 Å². The zero-order valence-electron chi connectivity index (χ0n) is 11.3. The number of carbonyl (C=O) groups excluding carboxylic acids is 1. The monoisotopic (exact) mass is 250 g/mol. The molecule has 2 rings (SSSR count). The number of hydrogen-bond donors (Lipinski definition) is 2. The number of amides is 1. The normalized spacial score (nSPS) is 24.2. The van der Waals surface area contributed by atoms with E-state index in [1.165, 1.54) is 0 Å². The summed E-state index contributed by atoms with van der Waals surface area (Å²) in [5, 5.41) is 6.19. The van der Waals surface area contributed by atoms with Gasteiger partial charge in [0, 0.05) is 18.4 Å². The fraction of sp³-hybridized carbons (Fsp3) is 0.692. The Morgan fingerprint density at radius 2 is 2.22 bits per heavy atom. The minimum atomic E-state index is -0.526. The Labute approximate surface area is 108 Å². The summed E-state index contributed by atoms with van der Waals surface area (Å²) in [7, 11) is 1.81. The Bertz CT molecular complexity index is 399. The summed E-state index contributed by atoms with van der Waals surface area (Å²) in [6.45, 7) is 3.78. The first-order chi connectivity index (χ1) is 8.54. The lowest BCUT2D eigenvalue weighted by Crippen LogP contribution is -2.54. The molecule has 100 valence electrons. The summed E-state index contributed by atoms with van der Waals surface area (Å²) in [5.74, 6) is 0.0574. The number of likely N-dealkylation sites (N-methyl/N-ethyl adjacent to an activating group) is 1. The molecular formula is C13H22N4O. The largest absolute Gasteiger partial charge is 0.350 e. The predicted molar refractivity (Wildman–Crippen MR) is 70.2 cm³/mol. The molecule has 1 saturated carbocycles. The van der Waals surface area contributed by atoms with Crippen LogP contribution in [-0.4, -0.2) is 34.1 Å². The van der Waals surface area contributed by atoms with E-state index >= 15 is 0 Å². The lowest BCUT2D eigenvalue weighted by Gasteiger charge is -2.28. The highest BCUT2D eigenvalue weighted by Crippen LogP contribution is 2.30. The van der Waals surface area contributed by atoms with Crippen LogP contribution in [0.2, 0.25) is 0 Å². The summed E-state index contributed by atoms with van der Waals surface area (Å²) in [5.41, 5.74) is -0.526. The quantitative estimate of drug-likeness (QED) is 0.841. The second kappa shape index (κ2) is 5.10. The molecule has 5 nitrogen and oxygen atoms in total. The van der Waals surface area contributed by atoms with Gasteiger partial charge in [-0.05, 0) is 40.2 Å². The third kappa shape index (κ3) is 2.56. The van der Waals surface area contributed by atoms with E-state index in [2.05, 4.69) is 20.2 Å². The Hall–Kier alpha value is -1.36. The molecule has 0 saturated heterocycles. The molecule has 0 radical (unpaired) electrons. The van der Waals surface area contributed by atoms with Crippen molar-refractivity contribution in [1.29, 1.82) is 0 Å². The van der Waals surface area contributed by atoms with Crippen LogP contribution in [0, 0.1) is 0 Å². The van der Waals surface area contributed by atoms with Crippen LogP contribution in [0.1, 0.15) is 39.2 Å². The number of hydrogen-bond acceptors (Lipinski definition) is 3. The summed E-state index contributed by atoms with van der Waals surface area (Å²) in [4.78, 5) is 16.3. The Balaban J connectivity index is 2.03. The zero-order chi connectivity index (χ0) is 13.2. The van der Waals surface area contributed by atoms with Gasteiger partial charge in [-0.25, -0.2) is 4.98 Å². The second-order valence-electron chi connectivity index (χ2n) is 5.46. The first-order valence-corrected chi connectivity index (χ1v) is 6.52. The number of carbonyl (C=O) groups is 1. The highest BCUT2D eigenvalue weighted by Gasteiger charge is 2.33. The second-order valence-corrected chi connectivity index (χ2v) is 5.46. The van der Waals surface area contributed by atoms with E-state index in [1.54, 1.807) is 6.20 Å². The van der Waals surface area contributed by atoms with E-state index < -0.39 is 5.54 Å². The number of rotatable bonds is 4. The van der Waals surface area contributed by atoms with Crippen molar-refractivity contribution >= 4 is 5.91 Å². The summed E-state index contributed by atoms with van der Waals surface area (Å²) in [6, 6.07) is 0.545. The van der Waals surface area contributed by atoms with Crippen molar-refractivity contribution in [1.82, 2.24) is 20.2 Å². The maximum atomic E-state index is 12.2. The molecule has 0 bridgehead atoms. The molecule has 1 aliphatic rings. The fourth-order valence-electron chi connectivity index (χ4n) is 2.39. The molecule has 5 heteroatoms. The van der Waals surface area contributed by atoms with Crippen molar-refractivity contribution < 1.29 is 4.79 Å². The molecule has 2 unspecified atom stereocenters. The van der Waals surface area contributed by atoms with Crippen LogP contribution in [0.4, 0.5) is 0 Å². The van der Waals surface area contributed by atoms with Crippen molar-refractivity contribution in [2.24, 2.45) is 0 Å². The van der Waals surface area contributed by atoms with Crippen molar-refractivity contribution in [3.8, 4) is 0 Å². The van der Waals surface area contributed by atoms with E-state index in [4.69, 9.17) is 0 Å². The molecular weight excluding hydrogens is 228 g/mol. The molecule has 0 spiro atoms. The SMILES string of the molecule is CNC(C)(C)C(=O)NC1CCCC1n1ccnc1. The Kier molecular flexibility index (Phi) is 3.71. The lowest BCUT2D eigenvalue weighted by atomic mass is 10.0. The number of imidazole rings is 1. The van der Waals surface area contributed by atoms with Gasteiger partial charge in [0.2, 0.25) is 5.91 Å². The molecule has 1 heterocycles. The van der Waals surface area contributed by atoms with Crippen LogP contribution >= 0.6 is 0 Å². The van der Waals surface area contributed by atoms with Crippen LogP contribution in [0.25, 0.3) is 0 Å². The predicted octanol–water partition coefficient (Wildman–Crippen LogP) is 1.09. The molecule has 0 aliphatic heterocycles. The molecule has 2 N–H and O–H groups in total. The van der Waals surface area contributed by atoms with Gasteiger partial charge in [0.15, 0.2) is 0 Å². The summed E-state index contributed by atoms with van der Waals surface area (Å²) < 4.78 is 2.10. The average Bonchev–Trinajstić information content (AvgIpc) is 2.98. The maximum Gasteiger partial charge on any atom is 0.240 e. The van der Waals surface area contributed by atoms with Gasteiger partial charge < -0.3 is 15.2 Å². The Morgan fingerprint density at radius 1 is 1.44 bits per heavy atom. The van der Waals surface area contributed by atoms with E-state index in [1.807, 2.05) is 33.4 Å². The third-order valence-corrected chi connectivity index (χ3v) is 3.90. The van der Waals surface area contributed by atoms with Crippen LogP contribution in [-0.2, 0) is 4.79 Å². The maximum absolute atomic E-state index is 12.2. The topological polar surface area (TPSA) is 59.0 Å². The van der Waals surface area contributed by atoms with Gasteiger partial charge in [-0.1, -0.05) is 0 Å². The minimum Gasteiger partial charge on any atom is -0.350 e. The number of aromatic nitrogens is 2. The minimum absolute atomic E-state index is 0.0574. The van der Waals surface area contributed by atoms with Crippen molar-refractivity contribution in [2.45, 2.75) is 50.7 Å². The summed E-state index contributed by atoms with van der Waals surface area (Å²) in [6.07, 6.45) is 8.87. The van der Waals surface area contributed by atoms with Crippen LogP contribution in [0.5, 0.6) is 0 Å². The number of nitrogens with one attached hydrogen (secondary N) is 2. The van der Waals surface area contributed by atoms with Crippen LogP contribution in [0.3, 0.4) is 0 Å². The van der Waals surface area contributed by atoms with Gasteiger partial charge in [-0.2, -0.15) is 0 Å². The van der Waals surface area contributed by atoms with E-state index in [0.717, 1.165) is 19.3 Å². The van der Waals surface area contributed by atoms with Gasteiger partial charge in [0.05, 0.1) is 17.9 Å². The first kappa shape index (κ1) is 13.1. The van der Waals surface area contributed by atoms with Crippen LogP contribution < -0.4 is 10.6 Å². The van der Waals surface area contributed by atoms with Gasteiger partial charge in [0.1, 0.15) is 0 Å². The highest BCUT2D eigenvalue weighted by atomic mass is 16.2. The molecule has 0 aromatic carbocycles. The smallest absolute Gasteiger partial charge is 0.240 e. The molecule has 1 aliphatic carbocycles. The lowest BCUT2D eigenvalue weighted by molar-refractivity contribution is -0.127. The standard InChI is InChI=1S/C13H22N4O/c1-13(2,14-3)12(18)16-10-5-4-6-11(10)17-8-7-15-9-17/h7-11,14H,4-6H2,1-3H3,(H,16,18). The van der Waals surface area contributed by atoms with Crippen molar-refractivity contribution in [2.75, 3.05) is 7.05 Å². The molecule has 1 aromatic rings. The van der Waals surface area contributed by atoms with Gasteiger partial charge in [0.25, 0.3) is 0 Å². The number of nitrogens with zero attached hydrogens (tertiary/aromatic N) is 2. The molecule has 1 fully saturated rings.